The van der Waals surface area contributed by atoms with Crippen LogP contribution in [0.5, 0.6) is 11.5 Å². The van der Waals surface area contributed by atoms with Crippen LogP contribution in [0.2, 0.25) is 0 Å². The average Bonchev–Trinajstić information content (AvgIpc) is 2.49. The molecule has 8 heteroatoms. The lowest BCUT2D eigenvalue weighted by Gasteiger charge is -2.03. The molecule has 0 fully saturated rings. The van der Waals surface area contributed by atoms with Crippen molar-refractivity contribution in [3.8, 4) is 11.5 Å². The van der Waals surface area contributed by atoms with Gasteiger partial charge in [0.05, 0.1) is 13.3 Å². The fraction of sp³-hybridized carbons (Fsp3) is 0.0769. The van der Waals surface area contributed by atoms with Crippen molar-refractivity contribution in [2.45, 2.75) is 0 Å². The number of hydrazone groups is 1. The van der Waals surface area contributed by atoms with Crippen molar-refractivity contribution in [3.63, 3.8) is 0 Å². The van der Waals surface area contributed by atoms with Gasteiger partial charge in [0.15, 0.2) is 5.69 Å². The molecule has 2 aromatic rings. The number of nitrogens with zero attached hydrogens (tertiary/aromatic N) is 2. The first-order chi connectivity index (χ1) is 10.1. The second-order valence-corrected chi connectivity index (χ2v) is 3.93. The minimum atomic E-state index is -0.593. The molecule has 0 radical (unpaired) electrons. The van der Waals surface area contributed by atoms with Crippen LogP contribution in [0, 0.1) is 0 Å². The number of phenols is 1. The number of nitrogens with one attached hydrogen (secondary N) is 2. The summed E-state index contributed by atoms with van der Waals surface area (Å²) in [6.07, 6.45) is 1.27. The van der Waals surface area contributed by atoms with Gasteiger partial charge < -0.3 is 9.84 Å². The lowest BCUT2D eigenvalue weighted by molar-refractivity contribution is 0.0949. The SMILES string of the molecule is COc1ccc(O)c(/C=N/NC(=O)c2ccc(=O)[nH]n2)c1. The van der Waals surface area contributed by atoms with Gasteiger partial charge in [0, 0.05) is 11.6 Å². The zero-order valence-electron chi connectivity index (χ0n) is 11.0. The van der Waals surface area contributed by atoms with Crippen LogP contribution in [0.4, 0.5) is 0 Å². The van der Waals surface area contributed by atoms with Crippen molar-refractivity contribution >= 4 is 12.1 Å². The van der Waals surface area contributed by atoms with Gasteiger partial charge in [0.2, 0.25) is 0 Å². The normalized spacial score (nSPS) is 10.5. The van der Waals surface area contributed by atoms with Crippen LogP contribution in [-0.2, 0) is 0 Å². The Kier molecular flexibility index (Phi) is 4.30. The van der Waals surface area contributed by atoms with Crippen molar-refractivity contribution in [2.24, 2.45) is 5.10 Å². The molecule has 0 atom stereocenters. The number of aromatic nitrogens is 2. The predicted octanol–water partition coefficient (Wildman–Crippen LogP) is 0.248. The van der Waals surface area contributed by atoms with E-state index < -0.39 is 11.5 Å². The fourth-order valence-corrected chi connectivity index (χ4v) is 1.45. The third-order valence-electron chi connectivity index (χ3n) is 2.52. The molecule has 1 heterocycles. The molecule has 0 unspecified atom stereocenters. The summed E-state index contributed by atoms with van der Waals surface area (Å²) in [4.78, 5) is 22.5. The van der Waals surface area contributed by atoms with Crippen LogP contribution in [0.25, 0.3) is 0 Å². The summed E-state index contributed by atoms with van der Waals surface area (Å²) in [6, 6.07) is 7.05. The number of benzene rings is 1. The number of carbonyl (C=O) groups excluding carboxylic acids is 1. The Morgan fingerprint density at radius 3 is 2.90 bits per heavy atom. The van der Waals surface area contributed by atoms with Gasteiger partial charge in [-0.05, 0) is 24.3 Å². The Hall–Kier alpha value is -3.16. The first-order valence-electron chi connectivity index (χ1n) is 5.86. The molecule has 1 aromatic heterocycles. The molecule has 8 nitrogen and oxygen atoms in total. The van der Waals surface area contributed by atoms with Crippen LogP contribution in [0.15, 0.2) is 40.2 Å². The first kappa shape index (κ1) is 14.3. The van der Waals surface area contributed by atoms with Crippen LogP contribution < -0.4 is 15.7 Å². The molecule has 1 aromatic carbocycles. The van der Waals surface area contributed by atoms with Crippen molar-refractivity contribution in [1.82, 2.24) is 15.6 Å². The number of carbonyl (C=O) groups is 1. The number of hydrogen-bond acceptors (Lipinski definition) is 6. The fourth-order valence-electron chi connectivity index (χ4n) is 1.45. The Balaban J connectivity index is 2.07. The van der Waals surface area contributed by atoms with Gasteiger partial charge in [-0.1, -0.05) is 0 Å². The third-order valence-corrected chi connectivity index (χ3v) is 2.52. The van der Waals surface area contributed by atoms with E-state index in [1.54, 1.807) is 12.1 Å². The smallest absolute Gasteiger partial charge is 0.291 e. The second-order valence-electron chi connectivity index (χ2n) is 3.93. The molecule has 3 N–H and O–H groups in total. The lowest BCUT2D eigenvalue weighted by Crippen LogP contribution is -2.21. The highest BCUT2D eigenvalue weighted by molar-refractivity contribution is 5.93. The molecule has 2 rings (SSSR count). The molecule has 0 bridgehead atoms. The number of ether oxygens (including phenoxy) is 1. The van der Waals surface area contributed by atoms with E-state index in [0.29, 0.717) is 11.3 Å². The molecule has 0 aliphatic heterocycles. The molecule has 21 heavy (non-hydrogen) atoms. The molecule has 0 aliphatic carbocycles. The molecule has 0 aliphatic rings. The highest BCUT2D eigenvalue weighted by Gasteiger charge is 2.06. The number of aromatic amines is 1. The number of phenolic OH excluding ortho intramolecular Hbond substituents is 1. The van der Waals surface area contributed by atoms with Gasteiger partial charge in [-0.3, -0.25) is 9.59 Å². The Bertz CT molecular complexity index is 719. The summed E-state index contributed by atoms with van der Waals surface area (Å²) in [5.41, 5.74) is 2.21. The number of rotatable bonds is 4. The molecular formula is C13H12N4O4. The molecule has 0 spiro atoms. The standard InChI is InChI=1S/C13H12N4O4/c1-21-9-2-4-11(18)8(6-9)7-14-17-13(20)10-3-5-12(19)16-15-10/h2-7,18H,1H3,(H,16,19)(H,17,20)/b14-7+. The molecule has 0 saturated carbocycles. The van der Waals surface area contributed by atoms with Crippen LogP contribution in [-0.4, -0.2) is 34.5 Å². The van der Waals surface area contributed by atoms with Crippen molar-refractivity contribution in [3.05, 3.63) is 51.9 Å². The Labute approximate surface area is 119 Å². The van der Waals surface area contributed by atoms with E-state index in [2.05, 4.69) is 20.7 Å². The van der Waals surface area contributed by atoms with Crippen LogP contribution in [0.1, 0.15) is 16.1 Å². The van der Waals surface area contributed by atoms with Crippen molar-refractivity contribution in [2.75, 3.05) is 7.11 Å². The largest absolute Gasteiger partial charge is 0.507 e. The average molecular weight is 288 g/mol. The maximum Gasteiger partial charge on any atom is 0.291 e. The van der Waals surface area contributed by atoms with Gasteiger partial charge in [-0.15, -0.1) is 0 Å². The predicted molar refractivity (Wildman–Crippen MR) is 74.6 cm³/mol. The van der Waals surface area contributed by atoms with Gasteiger partial charge in [-0.2, -0.15) is 10.2 Å². The maximum atomic E-state index is 11.7. The number of hydrogen-bond donors (Lipinski definition) is 3. The Morgan fingerprint density at radius 2 is 2.24 bits per heavy atom. The molecular weight excluding hydrogens is 276 g/mol. The van der Waals surface area contributed by atoms with E-state index in [1.807, 2.05) is 0 Å². The van der Waals surface area contributed by atoms with E-state index in [-0.39, 0.29) is 11.4 Å². The zero-order chi connectivity index (χ0) is 15.2. The molecule has 1 amide bonds. The van der Waals surface area contributed by atoms with E-state index in [1.165, 1.54) is 31.5 Å². The second kappa shape index (κ2) is 6.33. The lowest BCUT2D eigenvalue weighted by atomic mass is 10.2. The van der Waals surface area contributed by atoms with Gasteiger partial charge in [-0.25, -0.2) is 10.5 Å². The topological polar surface area (TPSA) is 117 Å². The summed E-state index contributed by atoms with van der Waals surface area (Å²) in [7, 11) is 1.50. The first-order valence-corrected chi connectivity index (χ1v) is 5.86. The Morgan fingerprint density at radius 1 is 1.43 bits per heavy atom. The monoisotopic (exact) mass is 288 g/mol. The van der Waals surface area contributed by atoms with E-state index >= 15 is 0 Å². The van der Waals surface area contributed by atoms with E-state index in [0.717, 1.165) is 0 Å². The van der Waals surface area contributed by atoms with Gasteiger partial charge in [0.25, 0.3) is 11.5 Å². The van der Waals surface area contributed by atoms with Gasteiger partial charge >= 0.3 is 0 Å². The summed E-state index contributed by atoms with van der Waals surface area (Å²) in [5.74, 6) is -0.0521. The quantitative estimate of drug-likeness (QED) is 0.550. The van der Waals surface area contributed by atoms with Gasteiger partial charge in [0.1, 0.15) is 11.5 Å². The minimum Gasteiger partial charge on any atom is -0.507 e. The summed E-state index contributed by atoms with van der Waals surface area (Å²) >= 11 is 0. The summed E-state index contributed by atoms with van der Waals surface area (Å²) in [6.45, 7) is 0. The summed E-state index contributed by atoms with van der Waals surface area (Å²) in [5, 5.41) is 19.0. The van der Waals surface area contributed by atoms with E-state index in [4.69, 9.17) is 4.74 Å². The van der Waals surface area contributed by atoms with Crippen LogP contribution >= 0.6 is 0 Å². The molecule has 0 saturated heterocycles. The highest BCUT2D eigenvalue weighted by Crippen LogP contribution is 2.20. The van der Waals surface area contributed by atoms with Crippen LogP contribution in [0.3, 0.4) is 0 Å². The summed E-state index contributed by atoms with van der Waals surface area (Å²) < 4.78 is 5.01. The number of aromatic hydroxyl groups is 1. The number of amides is 1. The highest BCUT2D eigenvalue weighted by atomic mass is 16.5. The third kappa shape index (κ3) is 3.66. The van der Waals surface area contributed by atoms with Crippen molar-refractivity contribution in [1.29, 1.82) is 0 Å². The number of H-pyrrole nitrogens is 1. The number of methoxy groups -OCH3 is 1. The minimum absolute atomic E-state index is 0.00374. The van der Waals surface area contributed by atoms with E-state index in [9.17, 15) is 14.7 Å². The molecule has 108 valence electrons. The zero-order valence-corrected chi connectivity index (χ0v) is 11.0. The maximum absolute atomic E-state index is 11.7. The van der Waals surface area contributed by atoms with Crippen molar-refractivity contribution < 1.29 is 14.6 Å².